The van der Waals surface area contributed by atoms with Crippen molar-refractivity contribution in [2.24, 2.45) is 5.92 Å². The van der Waals surface area contributed by atoms with Gasteiger partial charge in [-0.05, 0) is 36.6 Å². The molecule has 0 aliphatic carbocycles. The van der Waals surface area contributed by atoms with Crippen molar-refractivity contribution in [3.63, 3.8) is 0 Å². The molecule has 1 unspecified atom stereocenters. The van der Waals surface area contributed by atoms with Crippen molar-refractivity contribution in [2.75, 3.05) is 0 Å². The molecule has 1 atom stereocenters. The number of pyridine rings is 1. The van der Waals surface area contributed by atoms with Crippen molar-refractivity contribution in [1.82, 2.24) is 19.9 Å². The SMILES string of the molecule is CC(C)CC(NC(=O)c1ccccc1)c1nnc2ccccn12. The van der Waals surface area contributed by atoms with Crippen molar-refractivity contribution in [3.05, 3.63) is 66.1 Å². The molecule has 0 saturated carbocycles. The zero-order chi connectivity index (χ0) is 16.2. The molecule has 0 fully saturated rings. The number of hydrogen-bond acceptors (Lipinski definition) is 3. The van der Waals surface area contributed by atoms with Gasteiger partial charge >= 0.3 is 0 Å². The van der Waals surface area contributed by atoms with Crippen molar-refractivity contribution < 1.29 is 4.79 Å². The summed E-state index contributed by atoms with van der Waals surface area (Å²) in [6, 6.07) is 14.8. The number of hydrogen-bond donors (Lipinski definition) is 1. The van der Waals surface area contributed by atoms with Gasteiger partial charge in [0.15, 0.2) is 11.5 Å². The molecule has 5 nitrogen and oxygen atoms in total. The zero-order valence-corrected chi connectivity index (χ0v) is 13.3. The Hall–Kier alpha value is -2.69. The summed E-state index contributed by atoms with van der Waals surface area (Å²) in [6.45, 7) is 4.26. The predicted molar refractivity (Wildman–Crippen MR) is 89.1 cm³/mol. The highest BCUT2D eigenvalue weighted by Gasteiger charge is 2.22. The van der Waals surface area contributed by atoms with Crippen LogP contribution in [0.1, 0.15) is 42.5 Å². The van der Waals surface area contributed by atoms with Crippen LogP contribution in [0.15, 0.2) is 54.7 Å². The number of nitrogens with one attached hydrogen (secondary N) is 1. The van der Waals surface area contributed by atoms with E-state index in [1.54, 1.807) is 0 Å². The van der Waals surface area contributed by atoms with Crippen LogP contribution in [0.3, 0.4) is 0 Å². The molecule has 23 heavy (non-hydrogen) atoms. The third-order valence-electron chi connectivity index (χ3n) is 3.70. The van der Waals surface area contributed by atoms with Crippen LogP contribution in [-0.2, 0) is 0 Å². The molecule has 2 aromatic heterocycles. The van der Waals surface area contributed by atoms with Gasteiger partial charge in [-0.2, -0.15) is 0 Å². The molecule has 0 radical (unpaired) electrons. The van der Waals surface area contributed by atoms with Crippen LogP contribution < -0.4 is 5.32 Å². The lowest BCUT2D eigenvalue weighted by Crippen LogP contribution is -2.30. The Morgan fingerprint density at radius 1 is 1.09 bits per heavy atom. The van der Waals surface area contributed by atoms with E-state index >= 15 is 0 Å². The van der Waals surface area contributed by atoms with Crippen molar-refractivity contribution in [1.29, 1.82) is 0 Å². The Morgan fingerprint density at radius 3 is 2.57 bits per heavy atom. The van der Waals surface area contributed by atoms with Gasteiger partial charge < -0.3 is 5.32 Å². The fourth-order valence-corrected chi connectivity index (χ4v) is 2.63. The van der Waals surface area contributed by atoms with Crippen LogP contribution in [0.2, 0.25) is 0 Å². The Balaban J connectivity index is 1.90. The molecule has 1 aromatic carbocycles. The molecule has 2 heterocycles. The maximum atomic E-state index is 12.5. The molecule has 0 bridgehead atoms. The second-order valence-electron chi connectivity index (χ2n) is 6.01. The molecule has 1 N–H and O–H groups in total. The summed E-state index contributed by atoms with van der Waals surface area (Å²) in [6.07, 6.45) is 2.72. The quantitative estimate of drug-likeness (QED) is 0.787. The summed E-state index contributed by atoms with van der Waals surface area (Å²) in [5, 5.41) is 11.6. The maximum absolute atomic E-state index is 12.5. The highest BCUT2D eigenvalue weighted by atomic mass is 16.1. The molecule has 3 aromatic rings. The number of carbonyl (C=O) groups is 1. The van der Waals surface area contributed by atoms with Gasteiger partial charge in [0.2, 0.25) is 0 Å². The zero-order valence-electron chi connectivity index (χ0n) is 13.3. The largest absolute Gasteiger partial charge is 0.342 e. The number of aromatic nitrogens is 3. The third kappa shape index (κ3) is 3.39. The summed E-state index contributed by atoms with van der Waals surface area (Å²) in [5.41, 5.74) is 1.43. The Morgan fingerprint density at radius 2 is 1.83 bits per heavy atom. The monoisotopic (exact) mass is 308 g/mol. The first-order valence-corrected chi connectivity index (χ1v) is 7.80. The number of benzene rings is 1. The molecule has 0 aliphatic rings. The lowest BCUT2D eigenvalue weighted by molar-refractivity contribution is 0.0929. The van der Waals surface area contributed by atoms with E-state index in [0.29, 0.717) is 11.5 Å². The number of carbonyl (C=O) groups excluding carboxylic acids is 1. The van der Waals surface area contributed by atoms with E-state index in [-0.39, 0.29) is 11.9 Å². The second kappa shape index (κ2) is 6.60. The molecule has 118 valence electrons. The van der Waals surface area contributed by atoms with E-state index in [1.165, 1.54) is 0 Å². The van der Waals surface area contributed by atoms with Gasteiger partial charge in [0.1, 0.15) is 0 Å². The van der Waals surface area contributed by atoms with Crippen LogP contribution in [0.4, 0.5) is 0 Å². The lowest BCUT2D eigenvalue weighted by Gasteiger charge is -2.19. The minimum Gasteiger partial charge on any atom is -0.342 e. The molecule has 0 spiro atoms. The summed E-state index contributed by atoms with van der Waals surface area (Å²) < 4.78 is 1.93. The van der Waals surface area contributed by atoms with Crippen LogP contribution in [0.5, 0.6) is 0 Å². The molecular weight excluding hydrogens is 288 g/mol. The first-order chi connectivity index (χ1) is 11.1. The molecule has 5 heteroatoms. The molecule has 1 amide bonds. The van der Waals surface area contributed by atoms with Crippen LogP contribution >= 0.6 is 0 Å². The van der Waals surface area contributed by atoms with E-state index in [1.807, 2.05) is 59.1 Å². The first-order valence-electron chi connectivity index (χ1n) is 7.80. The normalized spacial score (nSPS) is 12.5. The second-order valence-corrected chi connectivity index (χ2v) is 6.01. The van der Waals surface area contributed by atoms with Gasteiger partial charge in [0.25, 0.3) is 5.91 Å². The van der Waals surface area contributed by atoms with E-state index in [9.17, 15) is 4.79 Å². The first kappa shape index (κ1) is 15.2. The fourth-order valence-electron chi connectivity index (χ4n) is 2.63. The Labute approximate surface area is 135 Å². The minimum atomic E-state index is -0.180. The van der Waals surface area contributed by atoms with Gasteiger partial charge in [0.05, 0.1) is 6.04 Å². The molecule has 0 aliphatic heterocycles. The summed E-state index contributed by atoms with van der Waals surface area (Å²) in [4.78, 5) is 12.5. The summed E-state index contributed by atoms with van der Waals surface area (Å²) >= 11 is 0. The topological polar surface area (TPSA) is 59.3 Å². The average molecular weight is 308 g/mol. The minimum absolute atomic E-state index is 0.0936. The van der Waals surface area contributed by atoms with Gasteiger partial charge in [0, 0.05) is 11.8 Å². The van der Waals surface area contributed by atoms with Crippen molar-refractivity contribution in [2.45, 2.75) is 26.3 Å². The molecular formula is C18H20N4O. The number of rotatable bonds is 5. The van der Waals surface area contributed by atoms with E-state index < -0.39 is 0 Å². The summed E-state index contributed by atoms with van der Waals surface area (Å²) in [7, 11) is 0. The van der Waals surface area contributed by atoms with Crippen LogP contribution in [0, 0.1) is 5.92 Å². The lowest BCUT2D eigenvalue weighted by atomic mass is 10.0. The highest BCUT2D eigenvalue weighted by Crippen LogP contribution is 2.21. The number of fused-ring (bicyclic) bond motifs is 1. The number of nitrogens with zero attached hydrogens (tertiary/aromatic N) is 3. The van der Waals surface area contributed by atoms with Gasteiger partial charge in [-0.25, -0.2) is 0 Å². The van der Waals surface area contributed by atoms with E-state index in [2.05, 4.69) is 29.4 Å². The number of amides is 1. The smallest absolute Gasteiger partial charge is 0.251 e. The molecule has 3 rings (SSSR count). The van der Waals surface area contributed by atoms with Gasteiger partial charge in [-0.1, -0.05) is 38.1 Å². The third-order valence-corrected chi connectivity index (χ3v) is 3.70. The highest BCUT2D eigenvalue weighted by molar-refractivity contribution is 5.94. The standard InChI is InChI=1S/C18H20N4O/c1-13(2)12-15(19-18(23)14-8-4-3-5-9-14)17-21-20-16-10-6-7-11-22(16)17/h3-11,13,15H,12H2,1-2H3,(H,19,23). The average Bonchev–Trinajstić information content (AvgIpc) is 2.98. The Bertz CT molecular complexity index is 795. The Kier molecular flexibility index (Phi) is 4.37. The predicted octanol–water partition coefficient (Wildman–Crippen LogP) is 3.25. The van der Waals surface area contributed by atoms with E-state index in [4.69, 9.17) is 0 Å². The summed E-state index contributed by atoms with van der Waals surface area (Å²) in [5.74, 6) is 1.09. The van der Waals surface area contributed by atoms with E-state index in [0.717, 1.165) is 17.9 Å². The van der Waals surface area contributed by atoms with Crippen LogP contribution in [-0.4, -0.2) is 20.5 Å². The van der Waals surface area contributed by atoms with Crippen LogP contribution in [0.25, 0.3) is 5.65 Å². The van der Waals surface area contributed by atoms with Crippen molar-refractivity contribution >= 4 is 11.6 Å². The van der Waals surface area contributed by atoms with Gasteiger partial charge in [-0.3, -0.25) is 9.20 Å². The maximum Gasteiger partial charge on any atom is 0.251 e. The van der Waals surface area contributed by atoms with Crippen molar-refractivity contribution in [3.8, 4) is 0 Å². The molecule has 0 saturated heterocycles. The van der Waals surface area contributed by atoms with Gasteiger partial charge in [-0.15, -0.1) is 10.2 Å². The fraction of sp³-hybridized carbons (Fsp3) is 0.278.